The van der Waals surface area contributed by atoms with E-state index >= 15 is 0 Å². The van der Waals surface area contributed by atoms with E-state index < -0.39 is 12.8 Å². The minimum atomic E-state index is -4.23. The summed E-state index contributed by atoms with van der Waals surface area (Å²) in [5.41, 5.74) is 0. The third-order valence-corrected chi connectivity index (χ3v) is 2.01. The number of hydrogen-bond donors (Lipinski definition) is 1. The Hall–Kier alpha value is -0.330. The van der Waals surface area contributed by atoms with Crippen molar-refractivity contribution < 1.29 is 17.9 Å². The molecule has 1 unspecified atom stereocenters. The van der Waals surface area contributed by atoms with E-state index in [0.29, 0.717) is 12.6 Å². The van der Waals surface area contributed by atoms with Crippen molar-refractivity contribution >= 4 is 0 Å². The number of halogens is 3. The minimum absolute atomic E-state index is 0.0830. The molecule has 0 aliphatic carbocycles. The van der Waals surface area contributed by atoms with Gasteiger partial charge in [0.25, 0.3) is 0 Å². The molecular weight excluding hydrogens is 209 g/mol. The highest BCUT2D eigenvalue weighted by Crippen LogP contribution is 2.13. The Bertz CT molecular complexity index is 162. The molecule has 1 N–H and O–H groups in total. The molecule has 0 spiro atoms. The van der Waals surface area contributed by atoms with E-state index in [1.165, 1.54) is 0 Å². The molecule has 3 nitrogen and oxygen atoms in total. The largest absolute Gasteiger partial charge is 0.411 e. The van der Waals surface area contributed by atoms with Crippen LogP contribution in [-0.4, -0.2) is 57.5 Å². The van der Waals surface area contributed by atoms with Crippen molar-refractivity contribution in [1.82, 2.24) is 10.2 Å². The fourth-order valence-electron chi connectivity index (χ4n) is 0.826. The molecule has 0 aromatic heterocycles. The summed E-state index contributed by atoms with van der Waals surface area (Å²) in [5, 5.41) is 3.02. The first-order valence-corrected chi connectivity index (χ1v) is 4.84. The Kier molecular flexibility index (Phi) is 6.87. The molecule has 0 aromatic rings. The first-order valence-electron chi connectivity index (χ1n) is 4.84. The van der Waals surface area contributed by atoms with Gasteiger partial charge in [-0.2, -0.15) is 13.2 Å². The molecule has 0 saturated carbocycles. The van der Waals surface area contributed by atoms with Gasteiger partial charge in [-0.1, -0.05) is 0 Å². The van der Waals surface area contributed by atoms with Crippen LogP contribution in [0.4, 0.5) is 13.2 Å². The van der Waals surface area contributed by atoms with Crippen molar-refractivity contribution in [1.29, 1.82) is 0 Å². The van der Waals surface area contributed by atoms with Gasteiger partial charge in [-0.3, -0.25) is 0 Å². The maximum Gasteiger partial charge on any atom is 0.411 e. The maximum atomic E-state index is 11.6. The molecule has 0 saturated heterocycles. The zero-order valence-corrected chi connectivity index (χ0v) is 9.40. The molecule has 15 heavy (non-hydrogen) atoms. The first kappa shape index (κ1) is 14.7. The van der Waals surface area contributed by atoms with Crippen molar-refractivity contribution in [2.24, 2.45) is 0 Å². The molecule has 0 aromatic carbocycles. The second kappa shape index (κ2) is 7.03. The number of nitrogens with one attached hydrogen (secondary N) is 1. The van der Waals surface area contributed by atoms with Gasteiger partial charge < -0.3 is 15.0 Å². The van der Waals surface area contributed by atoms with Crippen LogP contribution in [0.15, 0.2) is 0 Å². The summed E-state index contributed by atoms with van der Waals surface area (Å²) in [7, 11) is 3.90. The number of rotatable bonds is 7. The van der Waals surface area contributed by atoms with Crippen LogP contribution in [-0.2, 0) is 4.74 Å². The standard InChI is InChI=1S/C9H19F3N2O/c1-8(14(2)3)6-13-4-5-15-7-9(10,11)12/h8,13H,4-7H2,1-3H3. The lowest BCUT2D eigenvalue weighted by Crippen LogP contribution is -2.36. The van der Waals surface area contributed by atoms with Gasteiger partial charge in [0.05, 0.1) is 6.61 Å². The van der Waals surface area contributed by atoms with Gasteiger partial charge >= 0.3 is 6.18 Å². The summed E-state index contributed by atoms with van der Waals surface area (Å²) in [6, 6.07) is 0.354. The Balaban J connectivity index is 3.26. The molecule has 0 amide bonds. The van der Waals surface area contributed by atoms with E-state index in [9.17, 15) is 13.2 Å². The Morgan fingerprint density at radius 2 is 1.93 bits per heavy atom. The highest BCUT2D eigenvalue weighted by molar-refractivity contribution is 4.62. The highest BCUT2D eigenvalue weighted by atomic mass is 19.4. The molecule has 0 rings (SSSR count). The normalized spacial score (nSPS) is 14.6. The third-order valence-electron chi connectivity index (χ3n) is 2.01. The number of ether oxygens (including phenoxy) is 1. The van der Waals surface area contributed by atoms with E-state index in [-0.39, 0.29) is 6.61 Å². The lowest BCUT2D eigenvalue weighted by molar-refractivity contribution is -0.173. The highest BCUT2D eigenvalue weighted by Gasteiger charge is 2.27. The summed E-state index contributed by atoms with van der Waals surface area (Å²) in [5.74, 6) is 0. The summed E-state index contributed by atoms with van der Waals surface area (Å²) in [6.45, 7) is 2.12. The summed E-state index contributed by atoms with van der Waals surface area (Å²) < 4.78 is 39.4. The zero-order chi connectivity index (χ0) is 11.9. The average molecular weight is 228 g/mol. The lowest BCUT2D eigenvalue weighted by atomic mass is 10.3. The molecule has 92 valence electrons. The second-order valence-corrected chi connectivity index (χ2v) is 3.68. The molecule has 0 radical (unpaired) electrons. The fourth-order valence-corrected chi connectivity index (χ4v) is 0.826. The van der Waals surface area contributed by atoms with Gasteiger partial charge in [0.2, 0.25) is 0 Å². The molecule has 0 aliphatic heterocycles. The lowest BCUT2D eigenvalue weighted by Gasteiger charge is -2.20. The fraction of sp³-hybridized carbons (Fsp3) is 1.00. The van der Waals surface area contributed by atoms with E-state index in [0.717, 1.165) is 6.54 Å². The first-order chi connectivity index (χ1) is 6.83. The van der Waals surface area contributed by atoms with E-state index in [4.69, 9.17) is 0 Å². The van der Waals surface area contributed by atoms with Crippen LogP contribution in [0, 0.1) is 0 Å². The quantitative estimate of drug-likeness (QED) is 0.660. The minimum Gasteiger partial charge on any atom is -0.371 e. The summed E-state index contributed by atoms with van der Waals surface area (Å²) in [6.07, 6.45) is -4.23. The summed E-state index contributed by atoms with van der Waals surface area (Å²) >= 11 is 0. The SMILES string of the molecule is CC(CNCCOCC(F)(F)F)N(C)C. The average Bonchev–Trinajstić information content (AvgIpc) is 2.08. The van der Waals surface area contributed by atoms with Crippen LogP contribution in [0.5, 0.6) is 0 Å². The van der Waals surface area contributed by atoms with Crippen molar-refractivity contribution in [2.45, 2.75) is 19.1 Å². The predicted octanol–water partition coefficient (Wildman–Crippen LogP) is 1.10. The van der Waals surface area contributed by atoms with Gasteiger partial charge in [0.1, 0.15) is 6.61 Å². The molecule has 0 aliphatic rings. The number of nitrogens with zero attached hydrogens (tertiary/aromatic N) is 1. The van der Waals surface area contributed by atoms with Gasteiger partial charge in [0, 0.05) is 19.1 Å². The number of alkyl halides is 3. The third kappa shape index (κ3) is 9.96. The molecular formula is C9H19F3N2O. The van der Waals surface area contributed by atoms with Crippen LogP contribution in [0.25, 0.3) is 0 Å². The van der Waals surface area contributed by atoms with Crippen LogP contribution >= 0.6 is 0 Å². The van der Waals surface area contributed by atoms with Gasteiger partial charge in [-0.15, -0.1) is 0 Å². The Morgan fingerprint density at radius 3 is 2.40 bits per heavy atom. The molecule has 0 bridgehead atoms. The Labute approximate surface area is 88.6 Å². The molecule has 0 fully saturated rings. The molecule has 1 atom stereocenters. The zero-order valence-electron chi connectivity index (χ0n) is 9.40. The second-order valence-electron chi connectivity index (χ2n) is 3.68. The van der Waals surface area contributed by atoms with E-state index in [1.807, 2.05) is 25.9 Å². The van der Waals surface area contributed by atoms with E-state index in [2.05, 4.69) is 10.1 Å². The van der Waals surface area contributed by atoms with Gasteiger partial charge in [-0.05, 0) is 21.0 Å². The van der Waals surface area contributed by atoms with Crippen LogP contribution in [0.1, 0.15) is 6.92 Å². The van der Waals surface area contributed by atoms with Crippen molar-refractivity contribution in [3.05, 3.63) is 0 Å². The van der Waals surface area contributed by atoms with E-state index in [1.54, 1.807) is 0 Å². The van der Waals surface area contributed by atoms with Crippen LogP contribution < -0.4 is 5.32 Å². The molecule has 6 heteroatoms. The van der Waals surface area contributed by atoms with Gasteiger partial charge in [-0.25, -0.2) is 0 Å². The van der Waals surface area contributed by atoms with Crippen LogP contribution in [0.2, 0.25) is 0 Å². The Morgan fingerprint density at radius 1 is 1.33 bits per heavy atom. The van der Waals surface area contributed by atoms with Crippen molar-refractivity contribution in [3.63, 3.8) is 0 Å². The van der Waals surface area contributed by atoms with Crippen molar-refractivity contribution in [3.8, 4) is 0 Å². The smallest absolute Gasteiger partial charge is 0.371 e. The molecule has 0 heterocycles. The number of likely N-dealkylation sites (N-methyl/N-ethyl adjacent to an activating group) is 1. The maximum absolute atomic E-state index is 11.6. The van der Waals surface area contributed by atoms with Gasteiger partial charge in [0.15, 0.2) is 0 Å². The predicted molar refractivity (Wildman–Crippen MR) is 52.9 cm³/mol. The topological polar surface area (TPSA) is 24.5 Å². The number of hydrogen-bond acceptors (Lipinski definition) is 3. The van der Waals surface area contributed by atoms with Crippen molar-refractivity contribution in [2.75, 3.05) is 40.4 Å². The van der Waals surface area contributed by atoms with Crippen LogP contribution in [0.3, 0.4) is 0 Å². The monoisotopic (exact) mass is 228 g/mol. The summed E-state index contributed by atoms with van der Waals surface area (Å²) in [4.78, 5) is 2.03.